The van der Waals surface area contributed by atoms with Gasteiger partial charge < -0.3 is 9.88 Å². The van der Waals surface area contributed by atoms with Gasteiger partial charge in [0.15, 0.2) is 0 Å². The Kier molecular flexibility index (Phi) is 3.92. The molecule has 0 radical (unpaired) electrons. The van der Waals surface area contributed by atoms with Gasteiger partial charge in [0, 0.05) is 11.7 Å². The van der Waals surface area contributed by atoms with Crippen LogP contribution in [0.2, 0.25) is 0 Å². The van der Waals surface area contributed by atoms with E-state index in [-0.39, 0.29) is 0 Å². The third-order valence-corrected chi connectivity index (χ3v) is 5.03. The summed E-state index contributed by atoms with van der Waals surface area (Å²) >= 11 is 0. The highest BCUT2D eigenvalue weighted by Crippen LogP contribution is 2.33. The van der Waals surface area contributed by atoms with Crippen LogP contribution in [0.15, 0.2) is 0 Å². The Morgan fingerprint density at radius 1 is 1.05 bits per heavy atom. The van der Waals surface area contributed by atoms with Gasteiger partial charge in [-0.3, -0.25) is 0 Å². The summed E-state index contributed by atoms with van der Waals surface area (Å²) in [5.74, 6) is 1.25. The summed E-state index contributed by atoms with van der Waals surface area (Å²) in [6.07, 6.45) is 11.9. The molecule has 0 spiro atoms. The topological polar surface area (TPSA) is 29.9 Å². The van der Waals surface area contributed by atoms with E-state index in [1.165, 1.54) is 69.3 Å². The van der Waals surface area contributed by atoms with Gasteiger partial charge in [-0.05, 0) is 52.5 Å². The fourth-order valence-electron chi connectivity index (χ4n) is 4.07. The van der Waals surface area contributed by atoms with E-state index in [9.17, 15) is 0 Å². The van der Waals surface area contributed by atoms with E-state index in [1.54, 1.807) is 5.69 Å². The molecule has 1 heterocycles. The zero-order valence-corrected chi connectivity index (χ0v) is 12.4. The molecule has 3 nitrogen and oxygen atoms in total. The molecule has 1 fully saturated rings. The average molecular weight is 261 g/mol. The van der Waals surface area contributed by atoms with Crippen molar-refractivity contribution in [2.24, 2.45) is 0 Å². The number of fused-ring (bicyclic) bond motifs is 1. The first-order valence-electron chi connectivity index (χ1n) is 8.05. The molecule has 2 aliphatic rings. The number of likely N-dealkylation sites (N-methyl/N-ethyl adjacent to an activating group) is 1. The Hall–Kier alpha value is -0.830. The van der Waals surface area contributed by atoms with Gasteiger partial charge in [-0.15, -0.1) is 0 Å². The molecule has 0 aliphatic heterocycles. The summed E-state index contributed by atoms with van der Waals surface area (Å²) in [6, 6.07) is 1.25. The molecule has 1 aromatic heterocycles. The molecule has 3 rings (SSSR count). The van der Waals surface area contributed by atoms with Crippen LogP contribution in [0.4, 0.5) is 0 Å². The maximum absolute atomic E-state index is 4.86. The van der Waals surface area contributed by atoms with Crippen molar-refractivity contribution in [2.75, 3.05) is 7.05 Å². The SMILES string of the molecule is CNC1CCCCCC1n1c(C)nc2c1CCCC2. The lowest BCUT2D eigenvalue weighted by atomic mass is 9.98. The van der Waals surface area contributed by atoms with Gasteiger partial charge in [0.05, 0.1) is 11.7 Å². The molecule has 2 unspecified atom stereocenters. The molecule has 106 valence electrons. The largest absolute Gasteiger partial charge is 0.327 e. The first-order chi connectivity index (χ1) is 9.31. The highest BCUT2D eigenvalue weighted by Gasteiger charge is 2.29. The van der Waals surface area contributed by atoms with Crippen molar-refractivity contribution in [3.8, 4) is 0 Å². The van der Waals surface area contributed by atoms with Crippen LogP contribution in [0.25, 0.3) is 0 Å². The number of hydrogen-bond donors (Lipinski definition) is 1. The smallest absolute Gasteiger partial charge is 0.106 e. The zero-order chi connectivity index (χ0) is 13.2. The van der Waals surface area contributed by atoms with Crippen molar-refractivity contribution in [1.82, 2.24) is 14.9 Å². The minimum absolute atomic E-state index is 0.626. The Labute approximate surface area is 116 Å². The molecule has 0 amide bonds. The van der Waals surface area contributed by atoms with E-state index in [1.807, 2.05) is 0 Å². The lowest BCUT2D eigenvalue weighted by molar-refractivity contribution is 0.333. The first-order valence-corrected chi connectivity index (χ1v) is 8.05. The minimum Gasteiger partial charge on any atom is -0.327 e. The van der Waals surface area contributed by atoms with Crippen molar-refractivity contribution < 1.29 is 0 Å². The Bertz CT molecular complexity index is 435. The fraction of sp³-hybridized carbons (Fsp3) is 0.812. The second-order valence-electron chi connectivity index (χ2n) is 6.23. The van der Waals surface area contributed by atoms with Gasteiger partial charge in [0.1, 0.15) is 5.82 Å². The summed E-state index contributed by atoms with van der Waals surface area (Å²) in [4.78, 5) is 4.86. The Balaban J connectivity index is 1.97. The Morgan fingerprint density at radius 3 is 2.68 bits per heavy atom. The number of imidazole rings is 1. The maximum Gasteiger partial charge on any atom is 0.106 e. The normalized spacial score (nSPS) is 27.9. The lowest BCUT2D eigenvalue weighted by Crippen LogP contribution is -2.35. The highest BCUT2D eigenvalue weighted by atomic mass is 15.1. The van der Waals surface area contributed by atoms with Gasteiger partial charge >= 0.3 is 0 Å². The first kappa shape index (κ1) is 13.2. The third kappa shape index (κ3) is 2.45. The molecule has 2 atom stereocenters. The van der Waals surface area contributed by atoms with Gasteiger partial charge in [0.25, 0.3) is 0 Å². The van der Waals surface area contributed by atoms with Crippen LogP contribution in [0.1, 0.15) is 68.2 Å². The van der Waals surface area contributed by atoms with Gasteiger partial charge in [-0.2, -0.15) is 0 Å². The number of rotatable bonds is 2. The Morgan fingerprint density at radius 2 is 1.84 bits per heavy atom. The predicted molar refractivity (Wildman–Crippen MR) is 78.6 cm³/mol. The van der Waals surface area contributed by atoms with Crippen molar-refractivity contribution in [3.05, 3.63) is 17.2 Å². The van der Waals surface area contributed by atoms with Crippen molar-refractivity contribution >= 4 is 0 Å². The second-order valence-corrected chi connectivity index (χ2v) is 6.23. The van der Waals surface area contributed by atoms with E-state index in [4.69, 9.17) is 4.98 Å². The van der Waals surface area contributed by atoms with E-state index in [2.05, 4.69) is 23.9 Å². The highest BCUT2D eigenvalue weighted by molar-refractivity contribution is 5.21. The number of aryl methyl sites for hydroxylation is 2. The fourth-order valence-corrected chi connectivity index (χ4v) is 4.07. The monoisotopic (exact) mass is 261 g/mol. The summed E-state index contributed by atoms with van der Waals surface area (Å²) in [7, 11) is 2.13. The number of aromatic nitrogens is 2. The standard InChI is InChI=1S/C16H27N3/c1-12-18-14-9-6-7-11-16(14)19(12)15-10-5-3-4-8-13(15)17-2/h13,15,17H,3-11H2,1-2H3. The maximum atomic E-state index is 4.86. The molecule has 1 aromatic rings. The molecule has 0 saturated heterocycles. The quantitative estimate of drug-likeness (QED) is 0.829. The van der Waals surface area contributed by atoms with Crippen LogP contribution in [0, 0.1) is 6.92 Å². The van der Waals surface area contributed by atoms with E-state index >= 15 is 0 Å². The van der Waals surface area contributed by atoms with Crippen molar-refractivity contribution in [1.29, 1.82) is 0 Å². The number of nitrogens with zero attached hydrogens (tertiary/aromatic N) is 2. The molecule has 0 aromatic carbocycles. The molecule has 19 heavy (non-hydrogen) atoms. The third-order valence-electron chi connectivity index (χ3n) is 5.03. The van der Waals surface area contributed by atoms with E-state index in [0.29, 0.717) is 12.1 Å². The average Bonchev–Trinajstić information content (AvgIpc) is 2.61. The zero-order valence-electron chi connectivity index (χ0n) is 12.4. The van der Waals surface area contributed by atoms with Gasteiger partial charge in [-0.1, -0.05) is 19.3 Å². The summed E-state index contributed by atoms with van der Waals surface area (Å²) in [5, 5.41) is 3.57. The predicted octanol–water partition coefficient (Wildman–Crippen LogP) is 3.16. The van der Waals surface area contributed by atoms with Crippen LogP contribution in [-0.2, 0) is 12.8 Å². The molecule has 1 N–H and O–H groups in total. The molecule has 1 saturated carbocycles. The molecular formula is C16H27N3. The molecule has 3 heteroatoms. The molecular weight excluding hydrogens is 234 g/mol. The lowest BCUT2D eigenvalue weighted by Gasteiger charge is -2.29. The van der Waals surface area contributed by atoms with Crippen LogP contribution < -0.4 is 5.32 Å². The van der Waals surface area contributed by atoms with E-state index < -0.39 is 0 Å². The molecule has 0 bridgehead atoms. The summed E-state index contributed by atoms with van der Waals surface area (Å²) in [6.45, 7) is 2.20. The van der Waals surface area contributed by atoms with Crippen LogP contribution in [0.5, 0.6) is 0 Å². The van der Waals surface area contributed by atoms with Crippen molar-refractivity contribution in [3.63, 3.8) is 0 Å². The van der Waals surface area contributed by atoms with Crippen LogP contribution in [-0.4, -0.2) is 22.6 Å². The van der Waals surface area contributed by atoms with Gasteiger partial charge in [0.2, 0.25) is 0 Å². The summed E-state index contributed by atoms with van der Waals surface area (Å²) < 4.78 is 2.60. The van der Waals surface area contributed by atoms with Crippen molar-refractivity contribution in [2.45, 2.75) is 76.8 Å². The molecule has 2 aliphatic carbocycles. The number of nitrogens with one attached hydrogen (secondary N) is 1. The summed E-state index contributed by atoms with van der Waals surface area (Å²) in [5.41, 5.74) is 2.94. The van der Waals surface area contributed by atoms with Gasteiger partial charge in [-0.25, -0.2) is 4.98 Å². The van der Waals surface area contributed by atoms with Crippen LogP contribution in [0.3, 0.4) is 0 Å². The minimum atomic E-state index is 0.626. The van der Waals surface area contributed by atoms with E-state index in [0.717, 1.165) is 0 Å². The van der Waals surface area contributed by atoms with Crippen LogP contribution >= 0.6 is 0 Å². The number of hydrogen-bond acceptors (Lipinski definition) is 2. The second kappa shape index (κ2) is 5.66.